The van der Waals surface area contributed by atoms with E-state index in [0.29, 0.717) is 11.7 Å². The molecule has 0 amide bonds. The van der Waals surface area contributed by atoms with Crippen molar-refractivity contribution in [3.8, 4) is 5.75 Å². The highest BCUT2D eigenvalue weighted by Crippen LogP contribution is 2.27. The summed E-state index contributed by atoms with van der Waals surface area (Å²) in [6.45, 7) is 10.3. The summed E-state index contributed by atoms with van der Waals surface area (Å²) in [4.78, 5) is 8.89. The number of anilines is 1. The molecule has 0 radical (unpaired) electrons. The number of nitrogens with zero attached hydrogens (tertiary/aromatic N) is 3. The van der Waals surface area contributed by atoms with Gasteiger partial charge >= 0.3 is 0 Å². The van der Waals surface area contributed by atoms with Gasteiger partial charge in [-0.2, -0.15) is 0 Å². The van der Waals surface area contributed by atoms with E-state index < -0.39 is 0 Å². The van der Waals surface area contributed by atoms with Crippen LogP contribution in [0.2, 0.25) is 0 Å². The zero-order valence-corrected chi connectivity index (χ0v) is 15.7. The number of aliphatic imine (C=N–C) groups is 1. The quantitative estimate of drug-likeness (QED) is 0.449. The number of aromatic hydroxyl groups is 1. The number of phenols is 1. The summed E-state index contributed by atoms with van der Waals surface area (Å²) in [5, 5.41) is 13.4. The van der Waals surface area contributed by atoms with Crippen LogP contribution in [-0.2, 0) is 4.74 Å². The third-order valence-electron chi connectivity index (χ3n) is 4.21. The minimum atomic E-state index is 0.347. The Bertz CT molecular complexity index is 540. The average Bonchev–Trinajstić information content (AvgIpc) is 2.62. The van der Waals surface area contributed by atoms with E-state index in [0.717, 1.165) is 64.0 Å². The highest BCUT2D eigenvalue weighted by Gasteiger charge is 2.21. The number of benzene rings is 1. The van der Waals surface area contributed by atoms with Gasteiger partial charge in [0.25, 0.3) is 0 Å². The molecule has 1 aromatic rings. The molecular weight excluding hydrogens is 316 g/mol. The predicted octanol–water partition coefficient (Wildman–Crippen LogP) is 2.15. The van der Waals surface area contributed by atoms with Crippen molar-refractivity contribution in [3.05, 3.63) is 24.3 Å². The van der Waals surface area contributed by atoms with Gasteiger partial charge in [0, 0.05) is 53.0 Å². The minimum Gasteiger partial charge on any atom is -0.506 e. The number of para-hydroxylation sites is 2. The van der Waals surface area contributed by atoms with E-state index >= 15 is 0 Å². The van der Waals surface area contributed by atoms with Gasteiger partial charge in [-0.05, 0) is 24.5 Å². The molecule has 25 heavy (non-hydrogen) atoms. The van der Waals surface area contributed by atoms with Crippen LogP contribution in [0.25, 0.3) is 0 Å². The van der Waals surface area contributed by atoms with Crippen molar-refractivity contribution < 1.29 is 9.84 Å². The summed E-state index contributed by atoms with van der Waals surface area (Å²) in [7, 11) is 1.83. The molecule has 6 nitrogen and oxygen atoms in total. The number of phenolic OH excluding ortho intramolecular Hbond substituents is 1. The van der Waals surface area contributed by atoms with E-state index in [2.05, 4.69) is 34.0 Å². The molecule has 1 heterocycles. The van der Waals surface area contributed by atoms with Crippen molar-refractivity contribution in [2.45, 2.75) is 20.3 Å². The molecule has 0 aromatic heterocycles. The van der Waals surface area contributed by atoms with Crippen LogP contribution >= 0.6 is 0 Å². The van der Waals surface area contributed by atoms with E-state index in [1.165, 1.54) is 0 Å². The lowest BCUT2D eigenvalue weighted by atomic mass is 10.2. The van der Waals surface area contributed by atoms with Crippen molar-refractivity contribution in [2.75, 3.05) is 57.9 Å². The normalized spacial score (nSPS) is 15.8. The van der Waals surface area contributed by atoms with Crippen molar-refractivity contribution in [2.24, 2.45) is 10.9 Å². The molecule has 0 saturated carbocycles. The van der Waals surface area contributed by atoms with Gasteiger partial charge in [-0.3, -0.25) is 4.99 Å². The van der Waals surface area contributed by atoms with E-state index in [-0.39, 0.29) is 0 Å². The number of ether oxygens (including phenoxy) is 1. The lowest BCUT2D eigenvalue weighted by molar-refractivity contribution is 0.108. The number of rotatable bonds is 7. The van der Waals surface area contributed by atoms with Gasteiger partial charge in [0.1, 0.15) is 5.75 Å². The summed E-state index contributed by atoms with van der Waals surface area (Å²) < 4.78 is 5.61. The Balaban J connectivity index is 1.72. The van der Waals surface area contributed by atoms with Gasteiger partial charge in [-0.25, -0.2) is 0 Å². The second kappa shape index (κ2) is 10.1. The van der Waals surface area contributed by atoms with Crippen LogP contribution in [-0.4, -0.2) is 69.0 Å². The Labute approximate surface area is 151 Å². The molecule has 0 atom stereocenters. The van der Waals surface area contributed by atoms with Gasteiger partial charge in [0.15, 0.2) is 5.96 Å². The largest absolute Gasteiger partial charge is 0.506 e. The fourth-order valence-corrected chi connectivity index (χ4v) is 2.92. The lowest BCUT2D eigenvalue weighted by Gasteiger charge is -2.37. The topological polar surface area (TPSA) is 60.3 Å². The highest BCUT2D eigenvalue weighted by atomic mass is 16.5. The van der Waals surface area contributed by atoms with Crippen LogP contribution in [0.3, 0.4) is 0 Å². The summed E-state index contributed by atoms with van der Waals surface area (Å²) >= 11 is 0. The third-order valence-corrected chi connectivity index (χ3v) is 4.21. The molecule has 1 aliphatic rings. The first kappa shape index (κ1) is 19.4. The maximum absolute atomic E-state index is 10.0. The first-order chi connectivity index (χ1) is 12.1. The highest BCUT2D eigenvalue weighted by molar-refractivity contribution is 5.80. The van der Waals surface area contributed by atoms with Crippen LogP contribution < -0.4 is 10.2 Å². The van der Waals surface area contributed by atoms with Crippen LogP contribution in [0.15, 0.2) is 29.3 Å². The van der Waals surface area contributed by atoms with Crippen LogP contribution in [0, 0.1) is 5.92 Å². The molecule has 1 aliphatic heterocycles. The molecule has 1 aromatic carbocycles. The fourth-order valence-electron chi connectivity index (χ4n) is 2.92. The van der Waals surface area contributed by atoms with Crippen molar-refractivity contribution in [1.82, 2.24) is 10.2 Å². The zero-order valence-electron chi connectivity index (χ0n) is 15.7. The third kappa shape index (κ3) is 6.12. The standard InChI is InChI=1S/C19H32N4O2/c1-16(2)15-25-14-6-9-21-19(20-3)23-12-10-22(11-13-23)17-7-4-5-8-18(17)24/h4-5,7-8,16,24H,6,9-15H2,1-3H3,(H,20,21). The predicted molar refractivity (Wildman–Crippen MR) is 104 cm³/mol. The van der Waals surface area contributed by atoms with Gasteiger partial charge in [-0.1, -0.05) is 26.0 Å². The summed E-state index contributed by atoms with van der Waals surface area (Å²) in [5.41, 5.74) is 0.910. The number of guanidine groups is 1. The summed E-state index contributed by atoms with van der Waals surface area (Å²) in [6.07, 6.45) is 0.976. The maximum atomic E-state index is 10.0. The Hall–Kier alpha value is -1.95. The van der Waals surface area contributed by atoms with Crippen LogP contribution in [0.1, 0.15) is 20.3 Å². The van der Waals surface area contributed by atoms with Crippen molar-refractivity contribution in [1.29, 1.82) is 0 Å². The molecule has 1 saturated heterocycles. The Morgan fingerprint density at radius 2 is 1.96 bits per heavy atom. The first-order valence-electron chi connectivity index (χ1n) is 9.18. The van der Waals surface area contributed by atoms with Crippen molar-refractivity contribution in [3.63, 3.8) is 0 Å². The maximum Gasteiger partial charge on any atom is 0.193 e. The zero-order chi connectivity index (χ0) is 18.1. The smallest absolute Gasteiger partial charge is 0.193 e. The van der Waals surface area contributed by atoms with Gasteiger partial charge in [0.2, 0.25) is 0 Å². The molecule has 140 valence electrons. The van der Waals surface area contributed by atoms with Crippen LogP contribution in [0.4, 0.5) is 5.69 Å². The van der Waals surface area contributed by atoms with Crippen molar-refractivity contribution >= 4 is 11.6 Å². The number of hydrogen-bond donors (Lipinski definition) is 2. The summed E-state index contributed by atoms with van der Waals surface area (Å²) in [5.74, 6) is 1.88. The Morgan fingerprint density at radius 3 is 2.60 bits per heavy atom. The number of nitrogens with one attached hydrogen (secondary N) is 1. The Kier molecular flexibility index (Phi) is 7.85. The lowest BCUT2D eigenvalue weighted by Crippen LogP contribution is -2.52. The Morgan fingerprint density at radius 1 is 1.24 bits per heavy atom. The second-order valence-electron chi connectivity index (χ2n) is 6.76. The molecule has 0 aliphatic carbocycles. The van der Waals surface area contributed by atoms with Gasteiger partial charge in [-0.15, -0.1) is 0 Å². The molecule has 0 unspecified atom stereocenters. The van der Waals surface area contributed by atoms with E-state index in [9.17, 15) is 5.11 Å². The van der Waals surface area contributed by atoms with Crippen LogP contribution in [0.5, 0.6) is 5.75 Å². The molecule has 0 spiro atoms. The van der Waals surface area contributed by atoms with E-state index in [4.69, 9.17) is 4.74 Å². The molecule has 1 fully saturated rings. The molecule has 2 N–H and O–H groups in total. The average molecular weight is 348 g/mol. The molecule has 6 heteroatoms. The van der Waals surface area contributed by atoms with Gasteiger partial charge in [0.05, 0.1) is 5.69 Å². The van der Waals surface area contributed by atoms with E-state index in [1.807, 2.05) is 25.2 Å². The summed E-state index contributed by atoms with van der Waals surface area (Å²) in [6, 6.07) is 7.52. The fraction of sp³-hybridized carbons (Fsp3) is 0.632. The number of hydrogen-bond acceptors (Lipinski definition) is 4. The molecule has 0 bridgehead atoms. The number of piperazine rings is 1. The second-order valence-corrected chi connectivity index (χ2v) is 6.76. The van der Waals surface area contributed by atoms with Gasteiger partial charge < -0.3 is 25.0 Å². The molecule has 2 rings (SSSR count). The SMILES string of the molecule is CN=C(NCCCOCC(C)C)N1CCN(c2ccccc2O)CC1. The molecular formula is C19H32N4O2. The monoisotopic (exact) mass is 348 g/mol. The minimum absolute atomic E-state index is 0.347. The van der Waals surface area contributed by atoms with E-state index in [1.54, 1.807) is 6.07 Å². The first-order valence-corrected chi connectivity index (χ1v) is 9.18.